The van der Waals surface area contributed by atoms with Crippen LogP contribution in [-0.4, -0.2) is 36.6 Å². The van der Waals surface area contributed by atoms with Crippen molar-refractivity contribution in [2.24, 2.45) is 5.92 Å². The summed E-state index contributed by atoms with van der Waals surface area (Å²) in [6, 6.07) is 1.52. The van der Waals surface area contributed by atoms with Crippen LogP contribution in [0.5, 0.6) is 0 Å². The molecule has 2 unspecified atom stereocenters. The third-order valence-electron chi connectivity index (χ3n) is 3.80. The van der Waals surface area contributed by atoms with Gasteiger partial charge >= 0.3 is 0 Å². The second kappa shape index (κ2) is 5.13. The summed E-state index contributed by atoms with van der Waals surface area (Å²) >= 11 is 0. The molecule has 2 heteroatoms. The quantitative estimate of drug-likeness (QED) is 0.699. The van der Waals surface area contributed by atoms with Crippen LogP contribution < -0.4 is 5.32 Å². The summed E-state index contributed by atoms with van der Waals surface area (Å²) in [5.41, 5.74) is 0. The van der Waals surface area contributed by atoms with E-state index in [2.05, 4.69) is 36.2 Å². The average molecular weight is 208 g/mol. The van der Waals surface area contributed by atoms with E-state index in [0.717, 1.165) is 12.0 Å². The molecule has 1 N–H and O–H groups in total. The Kier molecular flexibility index (Phi) is 3.81. The van der Waals surface area contributed by atoms with Crippen LogP contribution in [0.3, 0.4) is 0 Å². The Morgan fingerprint density at radius 3 is 2.87 bits per heavy atom. The van der Waals surface area contributed by atoms with Crippen LogP contribution in [0.15, 0.2) is 12.2 Å². The van der Waals surface area contributed by atoms with Crippen molar-refractivity contribution in [2.75, 3.05) is 19.6 Å². The summed E-state index contributed by atoms with van der Waals surface area (Å²) in [5.74, 6) is 0.756. The lowest BCUT2D eigenvalue weighted by Crippen LogP contribution is -2.55. The van der Waals surface area contributed by atoms with Gasteiger partial charge in [0.1, 0.15) is 0 Å². The lowest BCUT2D eigenvalue weighted by Gasteiger charge is -2.40. The molecule has 0 aromatic carbocycles. The summed E-state index contributed by atoms with van der Waals surface area (Å²) in [7, 11) is 0. The first-order valence-electron chi connectivity index (χ1n) is 6.40. The fourth-order valence-corrected chi connectivity index (χ4v) is 2.69. The Balaban J connectivity index is 1.89. The molecule has 2 atom stereocenters. The van der Waals surface area contributed by atoms with Gasteiger partial charge in [0.15, 0.2) is 0 Å². The van der Waals surface area contributed by atoms with E-state index in [1.807, 2.05) is 0 Å². The minimum Gasteiger partial charge on any atom is -0.311 e. The number of nitrogens with zero attached hydrogens (tertiary/aromatic N) is 1. The standard InChI is InChI=1S/C13H24N2/c1-11(2)13-10-15(9-8-14-13)12-6-4-3-5-7-12/h3-4,11-14H,5-10H2,1-2H3. The summed E-state index contributed by atoms with van der Waals surface area (Å²) in [6.07, 6.45) is 8.60. The molecule has 1 saturated heterocycles. The Morgan fingerprint density at radius 2 is 2.20 bits per heavy atom. The van der Waals surface area contributed by atoms with Gasteiger partial charge in [-0.2, -0.15) is 0 Å². The van der Waals surface area contributed by atoms with Gasteiger partial charge in [0.25, 0.3) is 0 Å². The van der Waals surface area contributed by atoms with Crippen molar-refractivity contribution in [2.45, 2.75) is 45.2 Å². The van der Waals surface area contributed by atoms with E-state index < -0.39 is 0 Å². The molecular weight excluding hydrogens is 184 g/mol. The SMILES string of the molecule is CC(C)C1CN(C2CC=CCC2)CCN1. The maximum Gasteiger partial charge on any atom is 0.0218 e. The van der Waals surface area contributed by atoms with E-state index in [0.29, 0.717) is 6.04 Å². The molecular formula is C13H24N2. The highest BCUT2D eigenvalue weighted by atomic mass is 15.2. The zero-order valence-corrected chi connectivity index (χ0v) is 10.1. The molecule has 0 bridgehead atoms. The second-order valence-electron chi connectivity index (χ2n) is 5.24. The minimum absolute atomic E-state index is 0.699. The molecule has 2 aliphatic rings. The first-order valence-corrected chi connectivity index (χ1v) is 6.40. The number of hydrogen-bond donors (Lipinski definition) is 1. The summed E-state index contributed by atoms with van der Waals surface area (Å²) in [4.78, 5) is 2.70. The lowest BCUT2D eigenvalue weighted by molar-refractivity contribution is 0.120. The third kappa shape index (κ3) is 2.82. The maximum atomic E-state index is 3.63. The number of hydrogen-bond acceptors (Lipinski definition) is 2. The van der Waals surface area contributed by atoms with Crippen LogP contribution in [0.2, 0.25) is 0 Å². The fraction of sp³-hybridized carbons (Fsp3) is 0.846. The topological polar surface area (TPSA) is 15.3 Å². The number of allylic oxidation sites excluding steroid dienone is 1. The largest absolute Gasteiger partial charge is 0.311 e. The molecule has 1 heterocycles. The average Bonchev–Trinajstić information content (AvgIpc) is 2.30. The predicted molar refractivity (Wildman–Crippen MR) is 65.0 cm³/mol. The van der Waals surface area contributed by atoms with E-state index in [1.54, 1.807) is 0 Å². The molecule has 0 aromatic heterocycles. The predicted octanol–water partition coefficient (Wildman–Crippen LogP) is 2.02. The molecule has 0 aromatic rings. The van der Waals surface area contributed by atoms with E-state index in [4.69, 9.17) is 0 Å². The summed E-state index contributed by atoms with van der Waals surface area (Å²) < 4.78 is 0. The van der Waals surface area contributed by atoms with Crippen molar-refractivity contribution < 1.29 is 0 Å². The zero-order chi connectivity index (χ0) is 10.7. The number of piperazine rings is 1. The zero-order valence-electron chi connectivity index (χ0n) is 10.1. The molecule has 1 fully saturated rings. The van der Waals surface area contributed by atoms with Crippen LogP contribution in [-0.2, 0) is 0 Å². The Bertz CT molecular complexity index is 223. The van der Waals surface area contributed by atoms with Crippen molar-refractivity contribution in [1.82, 2.24) is 10.2 Å². The Hall–Kier alpha value is -0.340. The molecule has 1 aliphatic heterocycles. The van der Waals surface area contributed by atoms with Crippen molar-refractivity contribution >= 4 is 0 Å². The van der Waals surface area contributed by atoms with E-state index in [9.17, 15) is 0 Å². The van der Waals surface area contributed by atoms with Crippen molar-refractivity contribution in [1.29, 1.82) is 0 Å². The smallest absolute Gasteiger partial charge is 0.0218 e. The van der Waals surface area contributed by atoms with Crippen LogP contribution in [0.4, 0.5) is 0 Å². The lowest BCUT2D eigenvalue weighted by atomic mass is 9.96. The van der Waals surface area contributed by atoms with Crippen LogP contribution in [0.1, 0.15) is 33.1 Å². The normalized spacial score (nSPS) is 33.5. The number of nitrogens with one attached hydrogen (secondary N) is 1. The van der Waals surface area contributed by atoms with E-state index in [1.165, 1.54) is 38.9 Å². The Morgan fingerprint density at radius 1 is 1.33 bits per heavy atom. The second-order valence-corrected chi connectivity index (χ2v) is 5.24. The van der Waals surface area contributed by atoms with Gasteiger partial charge in [-0.15, -0.1) is 0 Å². The molecule has 1 aliphatic carbocycles. The van der Waals surface area contributed by atoms with Crippen molar-refractivity contribution in [3.05, 3.63) is 12.2 Å². The number of rotatable bonds is 2. The molecule has 0 radical (unpaired) electrons. The fourth-order valence-electron chi connectivity index (χ4n) is 2.69. The Labute approximate surface area is 93.7 Å². The monoisotopic (exact) mass is 208 g/mol. The third-order valence-corrected chi connectivity index (χ3v) is 3.80. The molecule has 0 amide bonds. The van der Waals surface area contributed by atoms with Gasteiger partial charge in [-0.05, 0) is 25.2 Å². The van der Waals surface area contributed by atoms with Gasteiger partial charge in [0, 0.05) is 31.7 Å². The van der Waals surface area contributed by atoms with Gasteiger partial charge in [0.2, 0.25) is 0 Å². The first kappa shape index (κ1) is 11.2. The van der Waals surface area contributed by atoms with Crippen LogP contribution in [0, 0.1) is 5.92 Å². The van der Waals surface area contributed by atoms with Crippen molar-refractivity contribution in [3.8, 4) is 0 Å². The molecule has 86 valence electrons. The molecule has 2 rings (SSSR count). The molecule has 15 heavy (non-hydrogen) atoms. The highest BCUT2D eigenvalue weighted by Gasteiger charge is 2.26. The highest BCUT2D eigenvalue weighted by molar-refractivity contribution is 4.95. The van der Waals surface area contributed by atoms with Gasteiger partial charge in [-0.3, -0.25) is 4.90 Å². The van der Waals surface area contributed by atoms with Crippen LogP contribution in [0.25, 0.3) is 0 Å². The molecule has 2 nitrogen and oxygen atoms in total. The maximum absolute atomic E-state index is 3.63. The molecule has 0 spiro atoms. The van der Waals surface area contributed by atoms with Gasteiger partial charge in [0.05, 0.1) is 0 Å². The van der Waals surface area contributed by atoms with E-state index >= 15 is 0 Å². The minimum atomic E-state index is 0.699. The van der Waals surface area contributed by atoms with Gasteiger partial charge in [-0.25, -0.2) is 0 Å². The summed E-state index contributed by atoms with van der Waals surface area (Å²) in [6.45, 7) is 8.30. The van der Waals surface area contributed by atoms with Gasteiger partial charge in [-0.1, -0.05) is 26.0 Å². The van der Waals surface area contributed by atoms with Crippen molar-refractivity contribution in [3.63, 3.8) is 0 Å². The molecule has 0 saturated carbocycles. The first-order chi connectivity index (χ1) is 7.27. The highest BCUT2D eigenvalue weighted by Crippen LogP contribution is 2.20. The van der Waals surface area contributed by atoms with Gasteiger partial charge < -0.3 is 5.32 Å². The van der Waals surface area contributed by atoms with Crippen LogP contribution >= 0.6 is 0 Å². The summed E-state index contributed by atoms with van der Waals surface area (Å²) in [5, 5.41) is 3.63. The van der Waals surface area contributed by atoms with E-state index in [-0.39, 0.29) is 0 Å².